The molecule has 1 saturated carbocycles. The largest absolute Gasteiger partial charge is 0.337 e. The Balaban J connectivity index is 1.55. The lowest BCUT2D eigenvalue weighted by Gasteiger charge is -2.41. The van der Waals surface area contributed by atoms with E-state index in [1.54, 1.807) is 0 Å². The highest BCUT2D eigenvalue weighted by molar-refractivity contribution is 5.94. The molecule has 2 N–H and O–H groups in total. The summed E-state index contributed by atoms with van der Waals surface area (Å²) in [5, 5.41) is 5.74. The second kappa shape index (κ2) is 12.2. The molecule has 2 fully saturated rings. The van der Waals surface area contributed by atoms with Crippen molar-refractivity contribution in [1.82, 2.24) is 15.1 Å². The molecule has 0 bridgehead atoms. The van der Waals surface area contributed by atoms with Crippen LogP contribution in [0.4, 0.5) is 10.5 Å². The van der Waals surface area contributed by atoms with Crippen LogP contribution in [0, 0.1) is 18.8 Å². The maximum absolute atomic E-state index is 13.4. The molecule has 0 spiro atoms. The summed E-state index contributed by atoms with van der Waals surface area (Å²) >= 11 is 0. The number of piperazine rings is 1. The number of carbonyl (C=O) groups excluding carboxylic acids is 3. The van der Waals surface area contributed by atoms with Crippen LogP contribution in [0.1, 0.15) is 71.3 Å². The molecule has 2 aliphatic rings. The Bertz CT molecular complexity index is 835. The second-order valence-corrected chi connectivity index (χ2v) is 10.2. The first-order valence-corrected chi connectivity index (χ1v) is 13.0. The van der Waals surface area contributed by atoms with Crippen molar-refractivity contribution in [3.05, 3.63) is 29.8 Å². The molecule has 3 rings (SSSR count). The number of nitrogens with zero attached hydrogens (tertiary/aromatic N) is 2. The zero-order chi connectivity index (χ0) is 24.7. The van der Waals surface area contributed by atoms with Crippen LogP contribution in [0.2, 0.25) is 0 Å². The lowest BCUT2D eigenvalue weighted by molar-refractivity contribution is -0.144. The summed E-state index contributed by atoms with van der Waals surface area (Å²) in [6.45, 7) is 9.58. The van der Waals surface area contributed by atoms with Crippen molar-refractivity contribution >= 4 is 23.5 Å². The minimum absolute atomic E-state index is 0.00218. The topological polar surface area (TPSA) is 81.8 Å². The zero-order valence-corrected chi connectivity index (χ0v) is 21.3. The molecule has 34 heavy (non-hydrogen) atoms. The van der Waals surface area contributed by atoms with E-state index in [2.05, 4.69) is 10.6 Å². The Morgan fingerprint density at radius 2 is 1.76 bits per heavy atom. The summed E-state index contributed by atoms with van der Waals surface area (Å²) in [7, 11) is 0. The van der Waals surface area contributed by atoms with E-state index in [0.717, 1.165) is 18.4 Å². The van der Waals surface area contributed by atoms with Crippen molar-refractivity contribution in [2.75, 3.05) is 25.0 Å². The fourth-order valence-electron chi connectivity index (χ4n) is 5.12. The minimum Gasteiger partial charge on any atom is -0.337 e. The number of aryl methyl sites for hydroxylation is 1. The Morgan fingerprint density at radius 1 is 1.09 bits per heavy atom. The van der Waals surface area contributed by atoms with Crippen LogP contribution < -0.4 is 10.6 Å². The summed E-state index contributed by atoms with van der Waals surface area (Å²) in [5.74, 6) is 0.840. The predicted octanol–water partition coefficient (Wildman–Crippen LogP) is 4.56. The van der Waals surface area contributed by atoms with Crippen molar-refractivity contribution in [3.63, 3.8) is 0 Å². The van der Waals surface area contributed by atoms with Crippen molar-refractivity contribution in [3.8, 4) is 0 Å². The number of benzene rings is 1. The third-order valence-electron chi connectivity index (χ3n) is 7.58. The molecule has 4 amide bonds. The summed E-state index contributed by atoms with van der Waals surface area (Å²) in [5.41, 5.74) is 1.81. The number of carbonyl (C=O) groups is 3. The number of urea groups is 1. The highest BCUT2D eigenvalue weighted by Gasteiger charge is 2.35. The maximum atomic E-state index is 13.4. The quantitative estimate of drug-likeness (QED) is 0.584. The van der Waals surface area contributed by atoms with Gasteiger partial charge in [-0.1, -0.05) is 63.6 Å². The minimum atomic E-state index is -0.604. The van der Waals surface area contributed by atoms with E-state index in [0.29, 0.717) is 37.7 Å². The van der Waals surface area contributed by atoms with Gasteiger partial charge < -0.3 is 20.4 Å². The molecule has 3 atom stereocenters. The maximum Gasteiger partial charge on any atom is 0.319 e. The van der Waals surface area contributed by atoms with Crippen molar-refractivity contribution < 1.29 is 14.4 Å². The van der Waals surface area contributed by atoms with Gasteiger partial charge >= 0.3 is 6.03 Å². The van der Waals surface area contributed by atoms with E-state index < -0.39 is 6.04 Å². The average Bonchev–Trinajstić information content (AvgIpc) is 3.35. The average molecular weight is 471 g/mol. The van der Waals surface area contributed by atoms with Gasteiger partial charge in [-0.3, -0.25) is 9.59 Å². The first-order chi connectivity index (χ1) is 16.3. The highest BCUT2D eigenvalue weighted by Crippen LogP contribution is 2.29. The van der Waals surface area contributed by atoms with E-state index in [1.807, 2.05) is 61.8 Å². The molecule has 1 aliphatic carbocycles. The molecule has 188 valence electrons. The molecule has 0 radical (unpaired) electrons. The van der Waals surface area contributed by atoms with Gasteiger partial charge in [0.05, 0.1) is 0 Å². The van der Waals surface area contributed by atoms with Gasteiger partial charge in [0.2, 0.25) is 11.8 Å². The second-order valence-electron chi connectivity index (χ2n) is 10.2. The van der Waals surface area contributed by atoms with E-state index in [-0.39, 0.29) is 29.8 Å². The first-order valence-electron chi connectivity index (χ1n) is 13.0. The summed E-state index contributed by atoms with van der Waals surface area (Å²) in [6.07, 6.45) is 7.48. The standard InChI is InChI=1S/C27H42N4O3/c1-5-20(3)25(29-27(34)28-23-13-10-19(2)11-14-23)26(33)30-16-17-31(21(4)18-30)24(32)15-12-22-8-6-7-9-22/h10-11,13-14,20-22,25H,5-9,12,15-18H2,1-4H3,(H2,28,29,34). The lowest BCUT2D eigenvalue weighted by atomic mass is 9.97. The van der Waals surface area contributed by atoms with Gasteiger partial charge in [0.1, 0.15) is 6.04 Å². The van der Waals surface area contributed by atoms with Gasteiger partial charge in [0.25, 0.3) is 0 Å². The monoisotopic (exact) mass is 470 g/mol. The van der Waals surface area contributed by atoms with E-state index in [9.17, 15) is 14.4 Å². The number of hydrogen-bond acceptors (Lipinski definition) is 3. The van der Waals surface area contributed by atoms with Crippen LogP contribution in [0.3, 0.4) is 0 Å². The molecular formula is C27H42N4O3. The van der Waals surface area contributed by atoms with Gasteiger partial charge in [-0.2, -0.15) is 0 Å². The third-order valence-corrected chi connectivity index (χ3v) is 7.58. The number of nitrogens with one attached hydrogen (secondary N) is 2. The Morgan fingerprint density at radius 3 is 2.38 bits per heavy atom. The first kappa shape index (κ1) is 26.0. The molecule has 1 aromatic carbocycles. The van der Waals surface area contributed by atoms with Crippen molar-refractivity contribution in [2.45, 2.75) is 84.7 Å². The third kappa shape index (κ3) is 6.97. The predicted molar refractivity (Wildman–Crippen MR) is 136 cm³/mol. The summed E-state index contributed by atoms with van der Waals surface area (Å²) in [4.78, 5) is 42.7. The number of amides is 4. The summed E-state index contributed by atoms with van der Waals surface area (Å²) < 4.78 is 0. The van der Waals surface area contributed by atoms with Crippen LogP contribution in [0.5, 0.6) is 0 Å². The Hall–Kier alpha value is -2.57. The van der Waals surface area contributed by atoms with Gasteiger partial charge in [-0.15, -0.1) is 0 Å². The van der Waals surface area contributed by atoms with Crippen LogP contribution >= 0.6 is 0 Å². The normalized spacial score (nSPS) is 20.6. The fourth-order valence-corrected chi connectivity index (χ4v) is 5.12. The van der Waals surface area contributed by atoms with Gasteiger partial charge in [-0.25, -0.2) is 4.79 Å². The van der Waals surface area contributed by atoms with E-state index in [1.165, 1.54) is 25.7 Å². The van der Waals surface area contributed by atoms with Gasteiger partial charge in [0, 0.05) is 37.8 Å². The molecule has 7 heteroatoms. The number of rotatable bonds is 8. The molecular weight excluding hydrogens is 428 g/mol. The number of hydrogen-bond donors (Lipinski definition) is 2. The van der Waals surface area contributed by atoms with Crippen molar-refractivity contribution in [2.24, 2.45) is 11.8 Å². The molecule has 1 aromatic rings. The molecule has 1 saturated heterocycles. The Kier molecular flexibility index (Phi) is 9.36. The van der Waals surface area contributed by atoms with Crippen LogP contribution in [-0.2, 0) is 9.59 Å². The smallest absolute Gasteiger partial charge is 0.319 e. The number of anilines is 1. The van der Waals surface area contributed by atoms with E-state index in [4.69, 9.17) is 0 Å². The highest BCUT2D eigenvalue weighted by atomic mass is 16.2. The van der Waals surface area contributed by atoms with Crippen LogP contribution in [0.15, 0.2) is 24.3 Å². The lowest BCUT2D eigenvalue weighted by Crippen LogP contribution is -2.60. The van der Waals surface area contributed by atoms with Gasteiger partial charge in [0.15, 0.2) is 0 Å². The fraction of sp³-hybridized carbons (Fsp3) is 0.667. The zero-order valence-electron chi connectivity index (χ0n) is 21.3. The van der Waals surface area contributed by atoms with Crippen molar-refractivity contribution in [1.29, 1.82) is 0 Å². The SMILES string of the molecule is CCC(C)C(NC(=O)Nc1ccc(C)cc1)C(=O)N1CCN(C(=O)CCC2CCCC2)C(C)C1. The molecule has 7 nitrogen and oxygen atoms in total. The van der Waals surface area contributed by atoms with Crippen LogP contribution in [0.25, 0.3) is 0 Å². The molecule has 1 heterocycles. The van der Waals surface area contributed by atoms with Crippen LogP contribution in [-0.4, -0.2) is 59.4 Å². The summed E-state index contributed by atoms with van der Waals surface area (Å²) in [6, 6.07) is 6.56. The Labute approximate surface area is 204 Å². The molecule has 1 aliphatic heterocycles. The van der Waals surface area contributed by atoms with E-state index >= 15 is 0 Å². The van der Waals surface area contributed by atoms with Gasteiger partial charge in [-0.05, 0) is 44.2 Å². The molecule has 3 unspecified atom stereocenters. The molecule has 0 aromatic heterocycles.